The monoisotopic (exact) mass is 467 g/mol. The quantitative estimate of drug-likeness (QED) is 0.628. The first-order valence-electron chi connectivity index (χ1n) is 9.88. The van der Waals surface area contributed by atoms with Crippen molar-refractivity contribution in [2.45, 2.75) is 49.1 Å². The Morgan fingerprint density at radius 2 is 1.72 bits per heavy atom. The molecule has 1 saturated carbocycles. The third kappa shape index (κ3) is 3.01. The van der Waals surface area contributed by atoms with Gasteiger partial charge in [-0.1, -0.05) is 20.8 Å². The van der Waals surface area contributed by atoms with Crippen LogP contribution in [0.15, 0.2) is 47.6 Å². The number of hydrogen-bond donors (Lipinski definition) is 0. The maximum atomic E-state index is 13.4. The molecule has 11 heteroatoms. The van der Waals surface area contributed by atoms with Crippen molar-refractivity contribution in [3.8, 4) is 0 Å². The Bertz CT molecular complexity index is 1210. The number of carbonyl (C=O) groups is 2. The van der Waals surface area contributed by atoms with E-state index >= 15 is 0 Å². The first-order valence-corrected chi connectivity index (χ1v) is 11.4. The number of rotatable bonds is 4. The minimum atomic E-state index is -5.54. The summed E-state index contributed by atoms with van der Waals surface area (Å²) in [6.07, 6.45) is 3.60. The van der Waals surface area contributed by atoms with Crippen molar-refractivity contribution in [2.24, 2.45) is 5.92 Å². The van der Waals surface area contributed by atoms with Crippen LogP contribution in [0.5, 0.6) is 0 Å². The smallest absolute Gasteiger partial charge is 0.278 e. The Morgan fingerprint density at radius 1 is 1.12 bits per heavy atom. The average Bonchev–Trinajstić information content (AvgIpc) is 3.33. The summed E-state index contributed by atoms with van der Waals surface area (Å²) in [5.74, 6) is -0.594. The molecule has 4 rings (SSSR count). The number of sulfone groups is 1. The predicted molar refractivity (Wildman–Crippen MR) is 110 cm³/mol. The lowest BCUT2D eigenvalue weighted by Crippen LogP contribution is -2.39. The van der Waals surface area contributed by atoms with E-state index in [1.165, 1.54) is 11.1 Å². The van der Waals surface area contributed by atoms with Gasteiger partial charge < -0.3 is 0 Å². The Balaban J connectivity index is 1.77. The Labute approximate surface area is 182 Å². The molecule has 2 aromatic rings. The van der Waals surface area contributed by atoms with E-state index in [1.54, 1.807) is 12.3 Å². The van der Waals surface area contributed by atoms with E-state index in [4.69, 9.17) is 0 Å². The third-order valence-corrected chi connectivity index (χ3v) is 7.53. The Morgan fingerprint density at radius 3 is 2.22 bits per heavy atom. The van der Waals surface area contributed by atoms with Crippen molar-refractivity contribution in [1.29, 1.82) is 0 Å². The highest BCUT2D eigenvalue weighted by Crippen LogP contribution is 2.56. The second-order valence-corrected chi connectivity index (χ2v) is 10.3. The zero-order valence-electron chi connectivity index (χ0n) is 17.4. The highest BCUT2D eigenvalue weighted by atomic mass is 32.2. The van der Waals surface area contributed by atoms with Crippen LogP contribution in [0.2, 0.25) is 0 Å². The van der Waals surface area contributed by atoms with Crippen molar-refractivity contribution in [3.05, 3.63) is 48.3 Å². The summed E-state index contributed by atoms with van der Waals surface area (Å²) in [7, 11) is -5.54. The fourth-order valence-corrected chi connectivity index (χ4v) is 4.93. The number of pyridine rings is 1. The number of aromatic nitrogens is 1. The number of imide groups is 1. The first kappa shape index (κ1) is 22.3. The number of nitrogens with zero attached hydrogens (tertiary/aromatic N) is 3. The van der Waals surface area contributed by atoms with E-state index in [0.717, 1.165) is 34.7 Å². The molecule has 2 aliphatic rings. The predicted octanol–water partition coefficient (Wildman–Crippen LogP) is 4.25. The Kier molecular flexibility index (Phi) is 4.89. The summed E-state index contributed by atoms with van der Waals surface area (Å²) < 4.78 is 61.7. The molecule has 1 aromatic heterocycles. The fraction of sp³-hybridized carbons (Fsp3) is 0.381. The molecule has 1 aliphatic heterocycles. The maximum absolute atomic E-state index is 13.4. The van der Waals surface area contributed by atoms with Gasteiger partial charge in [-0.3, -0.25) is 14.7 Å². The molecular weight excluding hydrogens is 447 g/mol. The van der Waals surface area contributed by atoms with Gasteiger partial charge >= 0.3 is 11.5 Å². The topological polar surface area (TPSA) is 87.7 Å². The van der Waals surface area contributed by atoms with E-state index in [2.05, 4.69) is 4.98 Å². The van der Waals surface area contributed by atoms with Gasteiger partial charge in [0.25, 0.3) is 15.7 Å². The molecule has 0 radical (unpaired) electrons. The molecule has 0 bridgehead atoms. The third-order valence-electron chi connectivity index (χ3n) is 6.03. The van der Waals surface area contributed by atoms with Crippen LogP contribution in [0.3, 0.4) is 0 Å². The van der Waals surface area contributed by atoms with Crippen molar-refractivity contribution in [2.75, 3.05) is 9.80 Å². The molecule has 7 nitrogen and oxygen atoms in total. The molecule has 0 N–H and O–H groups in total. The number of carbonyl (C=O) groups excluding carboxylic acids is 2. The van der Waals surface area contributed by atoms with Gasteiger partial charge in [-0.15, -0.1) is 0 Å². The summed E-state index contributed by atoms with van der Waals surface area (Å²) in [6, 6.07) is 4.59. The lowest BCUT2D eigenvalue weighted by molar-refractivity contribution is -0.119. The highest BCUT2D eigenvalue weighted by Gasteiger charge is 2.70. The number of hydrogen-bond acceptors (Lipinski definition) is 5. The van der Waals surface area contributed by atoms with Gasteiger partial charge in [-0.2, -0.15) is 13.2 Å². The molecule has 1 aromatic carbocycles. The normalized spacial score (nSPS) is 23.5. The van der Waals surface area contributed by atoms with Crippen LogP contribution in [-0.4, -0.2) is 36.4 Å². The zero-order valence-corrected chi connectivity index (χ0v) is 18.2. The SMILES string of the molecule is CC(C)c1cnccc1N1C(=O)N(c2ccc(S(=O)(=O)C(F)(F)F)cc2)C(=O)C12CC2C. The number of alkyl halides is 3. The summed E-state index contributed by atoms with van der Waals surface area (Å²) >= 11 is 0. The van der Waals surface area contributed by atoms with Gasteiger partial charge in [0.05, 0.1) is 16.3 Å². The number of urea groups is 1. The van der Waals surface area contributed by atoms with Crippen molar-refractivity contribution in [1.82, 2.24) is 4.98 Å². The lowest BCUT2D eigenvalue weighted by atomic mass is 10.0. The van der Waals surface area contributed by atoms with Crippen LogP contribution in [0.25, 0.3) is 0 Å². The van der Waals surface area contributed by atoms with Gasteiger partial charge in [0, 0.05) is 12.4 Å². The summed E-state index contributed by atoms with van der Waals surface area (Å²) in [6.45, 7) is 5.71. The van der Waals surface area contributed by atoms with Crippen molar-refractivity contribution in [3.63, 3.8) is 0 Å². The largest absolute Gasteiger partial charge is 0.501 e. The number of benzene rings is 1. The Hall–Kier alpha value is -2.95. The van der Waals surface area contributed by atoms with E-state index < -0.39 is 37.7 Å². The molecule has 1 aliphatic carbocycles. The maximum Gasteiger partial charge on any atom is 0.501 e. The van der Waals surface area contributed by atoms with Crippen LogP contribution < -0.4 is 9.80 Å². The molecule has 3 amide bonds. The van der Waals surface area contributed by atoms with E-state index in [1.807, 2.05) is 20.8 Å². The lowest BCUT2D eigenvalue weighted by Gasteiger charge is -2.25. The first-order chi connectivity index (χ1) is 14.8. The van der Waals surface area contributed by atoms with Gasteiger partial charge in [0.1, 0.15) is 5.54 Å². The zero-order chi connectivity index (χ0) is 23.6. The van der Waals surface area contributed by atoms with Crippen LogP contribution in [0.4, 0.5) is 29.3 Å². The van der Waals surface area contributed by atoms with Crippen LogP contribution in [-0.2, 0) is 14.6 Å². The molecule has 2 unspecified atom stereocenters. The molecule has 32 heavy (non-hydrogen) atoms. The molecular formula is C21H20F3N3O4S. The van der Waals surface area contributed by atoms with Crippen LogP contribution >= 0.6 is 0 Å². The fourth-order valence-electron chi connectivity index (χ4n) is 4.17. The van der Waals surface area contributed by atoms with Gasteiger partial charge in [0.2, 0.25) is 0 Å². The second kappa shape index (κ2) is 7.03. The van der Waals surface area contributed by atoms with Gasteiger partial charge in [0.15, 0.2) is 0 Å². The van der Waals surface area contributed by atoms with Crippen molar-refractivity contribution >= 4 is 33.2 Å². The number of amides is 3. The molecule has 2 fully saturated rings. The molecule has 170 valence electrons. The van der Waals surface area contributed by atoms with E-state index in [9.17, 15) is 31.2 Å². The summed E-state index contributed by atoms with van der Waals surface area (Å²) in [4.78, 5) is 32.3. The standard InChI is InChI=1S/C21H20F3N3O4S/c1-12(2)16-11-25-9-8-17(16)27-19(29)26(18(28)20(27)10-13(20)3)14-4-6-15(7-5-14)32(30,31)21(22,23)24/h4-9,11-13H,10H2,1-3H3. The molecule has 2 atom stereocenters. The van der Waals surface area contributed by atoms with E-state index in [-0.39, 0.29) is 17.5 Å². The number of halogens is 3. The molecule has 1 saturated heterocycles. The molecule has 2 heterocycles. The van der Waals surface area contributed by atoms with Crippen LogP contribution in [0.1, 0.15) is 38.7 Å². The van der Waals surface area contributed by atoms with E-state index in [0.29, 0.717) is 12.1 Å². The summed E-state index contributed by atoms with van der Waals surface area (Å²) in [5.41, 5.74) is -5.20. The van der Waals surface area contributed by atoms with Gasteiger partial charge in [-0.05, 0) is 54.2 Å². The minimum Gasteiger partial charge on any atom is -0.278 e. The summed E-state index contributed by atoms with van der Waals surface area (Å²) in [5, 5.41) is 0. The molecule has 1 spiro atoms. The van der Waals surface area contributed by atoms with Gasteiger partial charge in [-0.25, -0.2) is 18.1 Å². The highest BCUT2D eigenvalue weighted by molar-refractivity contribution is 7.92. The van der Waals surface area contributed by atoms with Crippen LogP contribution in [0, 0.1) is 5.92 Å². The second-order valence-electron chi connectivity index (χ2n) is 8.32. The number of anilines is 2. The van der Waals surface area contributed by atoms with Crippen molar-refractivity contribution < 1.29 is 31.2 Å². The minimum absolute atomic E-state index is 0.00209. The average molecular weight is 467 g/mol.